The van der Waals surface area contributed by atoms with Crippen molar-refractivity contribution in [2.45, 2.75) is 6.92 Å². The SMILES string of the molecule is COc1ccc(NC(=O)COC(=O)/C=C/c2ccc(C)c(Cl)c2)cc1OC. The van der Waals surface area contributed by atoms with Gasteiger partial charge in [-0.1, -0.05) is 23.7 Å². The highest BCUT2D eigenvalue weighted by Gasteiger charge is 2.09. The lowest BCUT2D eigenvalue weighted by Crippen LogP contribution is -2.20. The molecule has 0 heterocycles. The fraction of sp³-hybridized carbons (Fsp3) is 0.200. The standard InChI is InChI=1S/C20H20ClNO5/c1-13-4-5-14(10-16(13)21)6-9-20(24)27-12-19(23)22-15-7-8-17(25-2)18(11-15)26-3/h4-11H,12H2,1-3H3,(H,22,23)/b9-6+. The predicted octanol–water partition coefficient (Wildman–Crippen LogP) is 3.86. The zero-order valence-corrected chi connectivity index (χ0v) is 16.0. The minimum absolute atomic E-state index is 0.411. The normalized spacial score (nSPS) is 10.5. The number of hydrogen-bond donors (Lipinski definition) is 1. The minimum atomic E-state index is -0.630. The molecule has 1 amide bonds. The van der Waals surface area contributed by atoms with Crippen molar-refractivity contribution in [1.29, 1.82) is 0 Å². The first-order valence-electron chi connectivity index (χ1n) is 8.06. The number of nitrogens with one attached hydrogen (secondary N) is 1. The van der Waals surface area contributed by atoms with Crippen LogP contribution in [0, 0.1) is 6.92 Å². The molecule has 7 heteroatoms. The van der Waals surface area contributed by atoms with Crippen LogP contribution in [0.4, 0.5) is 5.69 Å². The number of halogens is 1. The Morgan fingerprint density at radius 3 is 2.48 bits per heavy atom. The van der Waals surface area contributed by atoms with Crippen LogP contribution in [0.25, 0.3) is 6.08 Å². The van der Waals surface area contributed by atoms with Gasteiger partial charge >= 0.3 is 5.97 Å². The van der Waals surface area contributed by atoms with E-state index in [1.165, 1.54) is 20.3 Å². The van der Waals surface area contributed by atoms with E-state index in [9.17, 15) is 9.59 Å². The summed E-state index contributed by atoms with van der Waals surface area (Å²) in [7, 11) is 3.02. The predicted molar refractivity (Wildman–Crippen MR) is 104 cm³/mol. The number of hydrogen-bond acceptors (Lipinski definition) is 5. The first-order chi connectivity index (χ1) is 12.9. The zero-order chi connectivity index (χ0) is 19.8. The molecule has 142 valence electrons. The number of amides is 1. The van der Waals surface area contributed by atoms with Gasteiger partial charge in [0.1, 0.15) is 0 Å². The van der Waals surface area contributed by atoms with Gasteiger partial charge in [0.05, 0.1) is 14.2 Å². The molecule has 0 aliphatic rings. The molecule has 0 fully saturated rings. The largest absolute Gasteiger partial charge is 0.493 e. The van der Waals surface area contributed by atoms with E-state index in [1.54, 1.807) is 30.3 Å². The Labute approximate surface area is 162 Å². The van der Waals surface area contributed by atoms with Crippen LogP contribution >= 0.6 is 11.6 Å². The topological polar surface area (TPSA) is 73.9 Å². The molecule has 2 rings (SSSR count). The quantitative estimate of drug-likeness (QED) is 0.575. The molecule has 0 aromatic heterocycles. The summed E-state index contributed by atoms with van der Waals surface area (Å²) in [5, 5.41) is 3.23. The second-order valence-corrected chi connectivity index (χ2v) is 5.97. The van der Waals surface area contributed by atoms with Crippen molar-refractivity contribution < 1.29 is 23.8 Å². The maximum absolute atomic E-state index is 11.9. The Hall–Kier alpha value is -2.99. The van der Waals surface area contributed by atoms with Crippen molar-refractivity contribution in [3.63, 3.8) is 0 Å². The third-order valence-electron chi connectivity index (χ3n) is 3.62. The summed E-state index contributed by atoms with van der Waals surface area (Å²) in [5.74, 6) is -0.0771. The summed E-state index contributed by atoms with van der Waals surface area (Å²) in [6.07, 6.45) is 2.81. The monoisotopic (exact) mass is 389 g/mol. The van der Waals surface area contributed by atoms with E-state index in [2.05, 4.69) is 5.32 Å². The second kappa shape index (κ2) is 9.64. The summed E-state index contributed by atoms with van der Waals surface area (Å²) in [5.41, 5.74) is 2.21. The van der Waals surface area contributed by atoms with Gasteiger partial charge in [-0.2, -0.15) is 0 Å². The average molecular weight is 390 g/mol. The van der Waals surface area contributed by atoms with Crippen LogP contribution in [0.1, 0.15) is 11.1 Å². The van der Waals surface area contributed by atoms with Crippen molar-refractivity contribution in [3.05, 3.63) is 58.6 Å². The molecule has 27 heavy (non-hydrogen) atoms. The van der Waals surface area contributed by atoms with Crippen LogP contribution in [0.2, 0.25) is 5.02 Å². The number of ether oxygens (including phenoxy) is 3. The van der Waals surface area contributed by atoms with Gasteiger partial charge < -0.3 is 19.5 Å². The molecule has 0 saturated heterocycles. The van der Waals surface area contributed by atoms with E-state index in [1.807, 2.05) is 19.1 Å². The number of esters is 1. The molecule has 2 aromatic carbocycles. The third kappa shape index (κ3) is 6.04. The zero-order valence-electron chi connectivity index (χ0n) is 15.2. The van der Waals surface area contributed by atoms with Gasteiger partial charge in [0, 0.05) is 22.9 Å². The summed E-state index contributed by atoms with van der Waals surface area (Å²) >= 11 is 6.03. The number of anilines is 1. The Morgan fingerprint density at radius 1 is 1.07 bits per heavy atom. The van der Waals surface area contributed by atoms with Crippen LogP contribution in [0.3, 0.4) is 0 Å². The van der Waals surface area contributed by atoms with Gasteiger partial charge in [-0.3, -0.25) is 4.79 Å². The van der Waals surface area contributed by atoms with Crippen LogP contribution in [-0.2, 0) is 14.3 Å². The molecule has 0 atom stereocenters. The highest BCUT2D eigenvalue weighted by Crippen LogP contribution is 2.29. The molecule has 0 radical (unpaired) electrons. The number of methoxy groups -OCH3 is 2. The number of carbonyl (C=O) groups is 2. The highest BCUT2D eigenvalue weighted by molar-refractivity contribution is 6.31. The molecule has 6 nitrogen and oxygen atoms in total. The number of rotatable bonds is 7. The number of benzene rings is 2. The average Bonchev–Trinajstić information content (AvgIpc) is 2.67. The van der Waals surface area contributed by atoms with Gasteiger partial charge in [0.25, 0.3) is 5.91 Å². The lowest BCUT2D eigenvalue weighted by atomic mass is 10.1. The summed E-state index contributed by atoms with van der Waals surface area (Å²) in [6, 6.07) is 10.3. The molecular weight excluding hydrogens is 370 g/mol. The van der Waals surface area contributed by atoms with Crippen LogP contribution in [0.5, 0.6) is 11.5 Å². The van der Waals surface area contributed by atoms with Crippen molar-refractivity contribution in [1.82, 2.24) is 0 Å². The van der Waals surface area contributed by atoms with Gasteiger partial charge in [-0.05, 0) is 42.3 Å². The van der Waals surface area contributed by atoms with Gasteiger partial charge in [-0.25, -0.2) is 4.79 Å². The van der Waals surface area contributed by atoms with Crippen LogP contribution < -0.4 is 14.8 Å². The maximum Gasteiger partial charge on any atom is 0.331 e. The molecule has 0 spiro atoms. The molecular formula is C20H20ClNO5. The fourth-order valence-electron chi connectivity index (χ4n) is 2.17. The summed E-state index contributed by atoms with van der Waals surface area (Å²) in [4.78, 5) is 23.7. The van der Waals surface area contributed by atoms with E-state index < -0.39 is 18.5 Å². The minimum Gasteiger partial charge on any atom is -0.493 e. The molecule has 0 saturated carbocycles. The summed E-state index contributed by atoms with van der Waals surface area (Å²) < 4.78 is 15.2. The van der Waals surface area contributed by atoms with E-state index in [-0.39, 0.29) is 0 Å². The van der Waals surface area contributed by atoms with Gasteiger partial charge in [-0.15, -0.1) is 0 Å². The number of aryl methyl sites for hydroxylation is 1. The fourth-order valence-corrected chi connectivity index (χ4v) is 2.36. The lowest BCUT2D eigenvalue weighted by Gasteiger charge is -2.10. The first kappa shape index (κ1) is 20.3. The van der Waals surface area contributed by atoms with E-state index in [0.29, 0.717) is 22.2 Å². The summed E-state index contributed by atoms with van der Waals surface area (Å²) in [6.45, 7) is 1.48. The van der Waals surface area contributed by atoms with Crippen molar-refractivity contribution in [2.75, 3.05) is 26.1 Å². The van der Waals surface area contributed by atoms with Crippen LogP contribution in [-0.4, -0.2) is 32.7 Å². The Morgan fingerprint density at radius 2 is 1.81 bits per heavy atom. The van der Waals surface area contributed by atoms with E-state index in [4.69, 9.17) is 25.8 Å². The van der Waals surface area contributed by atoms with Crippen molar-refractivity contribution >= 4 is 35.2 Å². The molecule has 0 aliphatic carbocycles. The Balaban J connectivity index is 1.86. The third-order valence-corrected chi connectivity index (χ3v) is 4.03. The molecule has 2 aromatic rings. The molecule has 0 aliphatic heterocycles. The van der Waals surface area contributed by atoms with Crippen molar-refractivity contribution in [2.24, 2.45) is 0 Å². The second-order valence-electron chi connectivity index (χ2n) is 5.57. The highest BCUT2D eigenvalue weighted by atomic mass is 35.5. The smallest absolute Gasteiger partial charge is 0.331 e. The van der Waals surface area contributed by atoms with E-state index in [0.717, 1.165) is 11.1 Å². The molecule has 0 bridgehead atoms. The first-order valence-corrected chi connectivity index (χ1v) is 8.43. The Kier molecular flexibility index (Phi) is 7.25. The Bertz CT molecular complexity index is 863. The van der Waals surface area contributed by atoms with Crippen molar-refractivity contribution in [3.8, 4) is 11.5 Å². The van der Waals surface area contributed by atoms with Crippen LogP contribution in [0.15, 0.2) is 42.5 Å². The number of carbonyl (C=O) groups excluding carboxylic acids is 2. The lowest BCUT2D eigenvalue weighted by molar-refractivity contribution is -0.142. The molecule has 0 unspecified atom stereocenters. The van der Waals surface area contributed by atoms with Gasteiger partial charge in [0.2, 0.25) is 0 Å². The van der Waals surface area contributed by atoms with E-state index >= 15 is 0 Å². The van der Waals surface area contributed by atoms with Gasteiger partial charge in [0.15, 0.2) is 18.1 Å². The molecule has 1 N–H and O–H groups in total. The maximum atomic E-state index is 11.9.